The molecular weight excluding hydrogens is 370 g/mol. The predicted molar refractivity (Wildman–Crippen MR) is 127 cm³/mol. The summed E-state index contributed by atoms with van der Waals surface area (Å²) in [6, 6.07) is 15.4. The van der Waals surface area contributed by atoms with Gasteiger partial charge in [-0.3, -0.25) is 4.79 Å². The third kappa shape index (κ3) is 8.61. The van der Waals surface area contributed by atoms with Crippen LogP contribution in [0, 0.1) is 0 Å². The molecule has 1 amide bonds. The zero-order chi connectivity index (χ0) is 21.4. The number of unbranched alkanes of at least 4 members (excludes halogenated alkanes) is 11. The first-order valence-corrected chi connectivity index (χ1v) is 11.8. The highest BCUT2D eigenvalue weighted by molar-refractivity contribution is 6.01. The topological polar surface area (TPSA) is 52.3 Å². The van der Waals surface area contributed by atoms with Gasteiger partial charge in [-0.2, -0.15) is 0 Å². The van der Waals surface area contributed by atoms with Gasteiger partial charge in [-0.15, -0.1) is 0 Å². The average molecular weight is 410 g/mol. The minimum absolute atomic E-state index is 0.426. The maximum atomic E-state index is 11.9. The fourth-order valence-electron chi connectivity index (χ4n) is 3.88. The first-order chi connectivity index (χ1) is 14.7. The summed E-state index contributed by atoms with van der Waals surface area (Å²) in [6.07, 6.45) is 15.9. The van der Waals surface area contributed by atoms with Crippen LogP contribution in [-0.4, -0.2) is 12.5 Å². The molecule has 0 radical (unpaired) electrons. The van der Waals surface area contributed by atoms with Crippen molar-refractivity contribution in [2.45, 2.75) is 84.0 Å². The lowest BCUT2D eigenvalue weighted by molar-refractivity contribution is 0.100. The Labute approximate surface area is 183 Å². The molecule has 0 saturated heterocycles. The van der Waals surface area contributed by atoms with Crippen LogP contribution in [0.4, 0.5) is 0 Å². The standard InChI is InChI=1S/C27H39NO2/c1-2-3-4-5-6-7-8-9-10-11-12-16-22-30-25-21-17-20-24(27(28)29)26(25)23-18-14-13-15-19-23/h13-15,17-21H,2-12,16,22H2,1H3,(H2,28,29). The van der Waals surface area contributed by atoms with E-state index in [-0.39, 0.29) is 0 Å². The van der Waals surface area contributed by atoms with Crippen LogP contribution >= 0.6 is 0 Å². The molecule has 164 valence electrons. The molecule has 0 bridgehead atoms. The van der Waals surface area contributed by atoms with Gasteiger partial charge in [-0.05, 0) is 24.1 Å². The Balaban J connectivity index is 1.68. The van der Waals surface area contributed by atoms with Gasteiger partial charge in [0.2, 0.25) is 5.91 Å². The van der Waals surface area contributed by atoms with Crippen LogP contribution < -0.4 is 10.5 Å². The fourth-order valence-corrected chi connectivity index (χ4v) is 3.88. The summed E-state index contributed by atoms with van der Waals surface area (Å²) in [7, 11) is 0. The lowest BCUT2D eigenvalue weighted by Gasteiger charge is -2.14. The Morgan fingerprint density at radius 1 is 0.733 bits per heavy atom. The number of carbonyl (C=O) groups is 1. The smallest absolute Gasteiger partial charge is 0.249 e. The summed E-state index contributed by atoms with van der Waals surface area (Å²) in [4.78, 5) is 11.9. The zero-order valence-corrected chi connectivity index (χ0v) is 18.7. The number of benzene rings is 2. The Kier molecular flexibility index (Phi) is 11.7. The summed E-state index contributed by atoms with van der Waals surface area (Å²) in [6.45, 7) is 2.94. The molecule has 0 aromatic heterocycles. The average Bonchev–Trinajstić information content (AvgIpc) is 2.77. The molecule has 0 heterocycles. The third-order valence-electron chi connectivity index (χ3n) is 5.61. The van der Waals surface area contributed by atoms with E-state index in [9.17, 15) is 4.79 Å². The highest BCUT2D eigenvalue weighted by atomic mass is 16.5. The van der Waals surface area contributed by atoms with Crippen molar-refractivity contribution in [1.82, 2.24) is 0 Å². The highest BCUT2D eigenvalue weighted by Crippen LogP contribution is 2.33. The van der Waals surface area contributed by atoms with Crippen molar-refractivity contribution >= 4 is 5.91 Å². The van der Waals surface area contributed by atoms with E-state index in [1.165, 1.54) is 70.6 Å². The molecule has 2 rings (SSSR count). The van der Waals surface area contributed by atoms with Crippen molar-refractivity contribution in [3.63, 3.8) is 0 Å². The van der Waals surface area contributed by atoms with Gasteiger partial charge in [-0.25, -0.2) is 0 Å². The number of hydrogen-bond acceptors (Lipinski definition) is 2. The van der Waals surface area contributed by atoms with Gasteiger partial charge in [-0.1, -0.05) is 114 Å². The summed E-state index contributed by atoms with van der Waals surface area (Å²) in [5.41, 5.74) is 7.86. The maximum absolute atomic E-state index is 11.9. The van der Waals surface area contributed by atoms with Crippen LogP contribution in [0.1, 0.15) is 94.3 Å². The molecule has 0 aliphatic rings. The van der Waals surface area contributed by atoms with Crippen molar-refractivity contribution in [2.24, 2.45) is 5.73 Å². The Morgan fingerprint density at radius 2 is 1.30 bits per heavy atom. The van der Waals surface area contributed by atoms with Crippen LogP contribution in [-0.2, 0) is 0 Å². The van der Waals surface area contributed by atoms with E-state index < -0.39 is 5.91 Å². The first-order valence-electron chi connectivity index (χ1n) is 11.8. The van der Waals surface area contributed by atoms with Crippen LogP contribution in [0.2, 0.25) is 0 Å². The molecule has 0 aliphatic heterocycles. The number of hydrogen-bond donors (Lipinski definition) is 1. The fraction of sp³-hybridized carbons (Fsp3) is 0.519. The molecule has 0 spiro atoms. The number of carbonyl (C=O) groups excluding carboxylic acids is 1. The Hall–Kier alpha value is -2.29. The number of nitrogens with two attached hydrogens (primary N) is 1. The second kappa shape index (κ2) is 14.7. The normalized spacial score (nSPS) is 10.8. The van der Waals surface area contributed by atoms with Crippen molar-refractivity contribution in [2.75, 3.05) is 6.61 Å². The molecule has 2 aromatic rings. The van der Waals surface area contributed by atoms with Gasteiger partial charge in [0, 0.05) is 5.56 Å². The summed E-state index contributed by atoms with van der Waals surface area (Å²) in [5, 5.41) is 0. The molecule has 30 heavy (non-hydrogen) atoms. The molecule has 3 nitrogen and oxygen atoms in total. The van der Waals surface area contributed by atoms with E-state index in [1.807, 2.05) is 42.5 Å². The van der Waals surface area contributed by atoms with Crippen LogP contribution in [0.3, 0.4) is 0 Å². The van der Waals surface area contributed by atoms with Gasteiger partial charge in [0.25, 0.3) is 0 Å². The van der Waals surface area contributed by atoms with Gasteiger partial charge >= 0.3 is 0 Å². The third-order valence-corrected chi connectivity index (χ3v) is 5.61. The summed E-state index contributed by atoms with van der Waals surface area (Å²) < 4.78 is 6.07. The Bertz CT molecular complexity index is 727. The van der Waals surface area contributed by atoms with Crippen LogP contribution in [0.5, 0.6) is 5.75 Å². The Morgan fingerprint density at radius 3 is 1.87 bits per heavy atom. The van der Waals surface area contributed by atoms with Crippen LogP contribution in [0.15, 0.2) is 48.5 Å². The molecule has 0 unspecified atom stereocenters. The van der Waals surface area contributed by atoms with Gasteiger partial charge in [0.15, 0.2) is 0 Å². The molecule has 3 heteroatoms. The number of ether oxygens (including phenoxy) is 1. The SMILES string of the molecule is CCCCCCCCCCCCCCOc1cccc(C(N)=O)c1-c1ccccc1. The van der Waals surface area contributed by atoms with Crippen molar-refractivity contribution in [1.29, 1.82) is 0 Å². The lowest BCUT2D eigenvalue weighted by Crippen LogP contribution is -2.13. The van der Waals surface area contributed by atoms with Crippen LogP contribution in [0.25, 0.3) is 11.1 Å². The molecule has 0 atom stereocenters. The molecule has 0 fully saturated rings. The van der Waals surface area contributed by atoms with E-state index in [0.717, 1.165) is 23.3 Å². The molecule has 2 aromatic carbocycles. The predicted octanol–water partition coefficient (Wildman–Crippen LogP) is 7.53. The largest absolute Gasteiger partial charge is 0.493 e. The van der Waals surface area contributed by atoms with E-state index >= 15 is 0 Å². The monoisotopic (exact) mass is 409 g/mol. The van der Waals surface area contributed by atoms with Gasteiger partial charge in [0.05, 0.1) is 12.2 Å². The van der Waals surface area contributed by atoms with E-state index in [1.54, 1.807) is 6.07 Å². The van der Waals surface area contributed by atoms with E-state index in [0.29, 0.717) is 12.2 Å². The molecule has 0 saturated carbocycles. The maximum Gasteiger partial charge on any atom is 0.249 e. The highest BCUT2D eigenvalue weighted by Gasteiger charge is 2.15. The number of primary amides is 1. The summed E-state index contributed by atoms with van der Waals surface area (Å²) >= 11 is 0. The first kappa shape index (κ1) is 24.0. The second-order valence-corrected chi connectivity index (χ2v) is 8.15. The van der Waals surface area contributed by atoms with Gasteiger partial charge < -0.3 is 10.5 Å². The lowest BCUT2D eigenvalue weighted by atomic mass is 9.98. The molecule has 0 aliphatic carbocycles. The van der Waals surface area contributed by atoms with Crippen molar-refractivity contribution in [3.05, 3.63) is 54.1 Å². The number of amides is 1. The minimum Gasteiger partial charge on any atom is -0.493 e. The van der Waals surface area contributed by atoms with Crippen molar-refractivity contribution < 1.29 is 9.53 Å². The molecule has 2 N–H and O–H groups in total. The number of rotatable bonds is 16. The zero-order valence-electron chi connectivity index (χ0n) is 18.7. The van der Waals surface area contributed by atoms with Gasteiger partial charge in [0.1, 0.15) is 5.75 Å². The minimum atomic E-state index is -0.426. The van der Waals surface area contributed by atoms with E-state index in [4.69, 9.17) is 10.5 Å². The summed E-state index contributed by atoms with van der Waals surface area (Å²) in [5.74, 6) is 0.310. The quantitative estimate of drug-likeness (QED) is 0.291. The van der Waals surface area contributed by atoms with E-state index in [2.05, 4.69) is 6.92 Å². The van der Waals surface area contributed by atoms with Crippen molar-refractivity contribution in [3.8, 4) is 16.9 Å². The second-order valence-electron chi connectivity index (χ2n) is 8.15. The molecular formula is C27H39NO2.